The third-order valence-electron chi connectivity index (χ3n) is 4.84. The van der Waals surface area contributed by atoms with Crippen LogP contribution in [-0.4, -0.2) is 42.1 Å². The first kappa shape index (κ1) is 17.1. The number of hydrogen-bond acceptors (Lipinski definition) is 5. The van der Waals surface area contributed by atoms with Gasteiger partial charge < -0.3 is 14.4 Å². The molecule has 3 heterocycles. The lowest BCUT2D eigenvalue weighted by molar-refractivity contribution is -0.169. The van der Waals surface area contributed by atoms with Gasteiger partial charge in [0.05, 0.1) is 18.9 Å². The van der Waals surface area contributed by atoms with Gasteiger partial charge in [-0.3, -0.25) is 9.78 Å². The van der Waals surface area contributed by atoms with Crippen molar-refractivity contribution in [1.82, 2.24) is 9.97 Å². The summed E-state index contributed by atoms with van der Waals surface area (Å²) >= 11 is 0. The van der Waals surface area contributed by atoms with E-state index in [0.29, 0.717) is 50.8 Å². The molecule has 1 aromatic heterocycles. The fourth-order valence-corrected chi connectivity index (χ4v) is 3.46. The molecular weight excluding hydrogens is 344 g/mol. The standard InChI is InChI=1S/C18H19F2N3O3/c19-14-2-1-3-15(20)13(14)10-12-11-16(24)22-17(21-12)23-6-4-18(5-7-23)25-8-9-26-18/h1-3,11H,4-10H2,(H,21,22,24). The van der Waals surface area contributed by atoms with Gasteiger partial charge in [0, 0.05) is 44.0 Å². The Bertz CT molecular complexity index is 835. The average molecular weight is 363 g/mol. The minimum absolute atomic E-state index is 0.0839. The maximum absolute atomic E-state index is 13.9. The van der Waals surface area contributed by atoms with Crippen molar-refractivity contribution in [3.63, 3.8) is 0 Å². The minimum Gasteiger partial charge on any atom is -0.347 e. The first-order valence-corrected chi connectivity index (χ1v) is 8.61. The molecule has 0 aliphatic carbocycles. The lowest BCUT2D eigenvalue weighted by atomic mass is 10.0. The van der Waals surface area contributed by atoms with Gasteiger partial charge in [-0.2, -0.15) is 0 Å². The number of H-pyrrole nitrogens is 1. The molecule has 138 valence electrons. The Hall–Kier alpha value is -2.32. The lowest BCUT2D eigenvalue weighted by Crippen LogP contribution is -2.46. The zero-order chi connectivity index (χ0) is 18.1. The Kier molecular flexibility index (Phi) is 4.46. The Morgan fingerprint density at radius 3 is 2.46 bits per heavy atom. The van der Waals surface area contributed by atoms with Crippen LogP contribution >= 0.6 is 0 Å². The number of ether oxygens (including phenoxy) is 2. The van der Waals surface area contributed by atoms with Gasteiger partial charge in [0.2, 0.25) is 5.95 Å². The number of halogens is 2. The normalized spacial score (nSPS) is 19.2. The molecule has 2 aliphatic rings. The van der Waals surface area contributed by atoms with E-state index in [1.165, 1.54) is 24.3 Å². The van der Waals surface area contributed by atoms with Crippen molar-refractivity contribution in [2.24, 2.45) is 0 Å². The van der Waals surface area contributed by atoms with E-state index in [9.17, 15) is 13.6 Å². The van der Waals surface area contributed by atoms with E-state index in [4.69, 9.17) is 9.47 Å². The summed E-state index contributed by atoms with van der Waals surface area (Å²) in [6, 6.07) is 4.96. The maximum Gasteiger partial charge on any atom is 0.252 e. The smallest absolute Gasteiger partial charge is 0.252 e. The molecule has 8 heteroatoms. The molecule has 1 N–H and O–H groups in total. The third-order valence-corrected chi connectivity index (χ3v) is 4.84. The van der Waals surface area contributed by atoms with E-state index in [1.54, 1.807) is 0 Å². The van der Waals surface area contributed by atoms with E-state index in [0.717, 1.165) is 0 Å². The van der Waals surface area contributed by atoms with Crippen molar-refractivity contribution in [3.05, 3.63) is 57.5 Å². The number of rotatable bonds is 3. The summed E-state index contributed by atoms with van der Waals surface area (Å²) in [6.07, 6.45) is 1.26. The predicted molar refractivity (Wildman–Crippen MR) is 90.1 cm³/mol. The number of benzene rings is 1. The maximum atomic E-state index is 13.9. The highest BCUT2D eigenvalue weighted by Gasteiger charge is 2.40. The SMILES string of the molecule is O=c1cc(Cc2c(F)cccc2F)nc(N2CCC3(CC2)OCCO3)[nH]1. The number of aromatic nitrogens is 2. The van der Waals surface area contributed by atoms with E-state index >= 15 is 0 Å². The summed E-state index contributed by atoms with van der Waals surface area (Å²) in [5.41, 5.74) is -0.126. The number of piperidine rings is 1. The number of nitrogens with one attached hydrogen (secondary N) is 1. The first-order chi connectivity index (χ1) is 12.5. The summed E-state index contributed by atoms with van der Waals surface area (Å²) < 4.78 is 39.1. The first-order valence-electron chi connectivity index (χ1n) is 8.61. The second-order valence-corrected chi connectivity index (χ2v) is 6.53. The molecule has 0 bridgehead atoms. The molecule has 0 unspecified atom stereocenters. The summed E-state index contributed by atoms with van der Waals surface area (Å²) in [5, 5.41) is 0. The number of nitrogens with zero attached hydrogens (tertiary/aromatic N) is 2. The number of hydrogen-bond donors (Lipinski definition) is 1. The second kappa shape index (κ2) is 6.77. The largest absolute Gasteiger partial charge is 0.347 e. The monoisotopic (exact) mass is 363 g/mol. The van der Waals surface area contributed by atoms with Crippen LogP contribution in [0.2, 0.25) is 0 Å². The van der Waals surface area contributed by atoms with Crippen molar-refractivity contribution in [1.29, 1.82) is 0 Å². The fourth-order valence-electron chi connectivity index (χ4n) is 3.46. The number of aromatic amines is 1. The molecule has 6 nitrogen and oxygen atoms in total. The summed E-state index contributed by atoms with van der Waals surface area (Å²) in [6.45, 7) is 2.42. The Labute approximate surface area is 148 Å². The highest BCUT2D eigenvalue weighted by atomic mass is 19.1. The van der Waals surface area contributed by atoms with Crippen molar-refractivity contribution in [2.45, 2.75) is 25.0 Å². The van der Waals surface area contributed by atoms with Crippen LogP contribution < -0.4 is 10.5 Å². The summed E-state index contributed by atoms with van der Waals surface area (Å²) in [4.78, 5) is 21.0. The summed E-state index contributed by atoms with van der Waals surface area (Å²) in [7, 11) is 0. The van der Waals surface area contributed by atoms with Gasteiger partial charge in [-0.25, -0.2) is 13.8 Å². The molecule has 2 aliphatic heterocycles. The molecule has 0 amide bonds. The van der Waals surface area contributed by atoms with Gasteiger partial charge in [0.25, 0.3) is 5.56 Å². The zero-order valence-corrected chi connectivity index (χ0v) is 14.1. The molecule has 0 atom stereocenters. The van der Waals surface area contributed by atoms with Crippen LogP contribution in [0.15, 0.2) is 29.1 Å². The van der Waals surface area contributed by atoms with Crippen LogP contribution in [0.5, 0.6) is 0 Å². The van der Waals surface area contributed by atoms with Crippen molar-refractivity contribution in [2.75, 3.05) is 31.2 Å². The van der Waals surface area contributed by atoms with E-state index < -0.39 is 17.4 Å². The summed E-state index contributed by atoms with van der Waals surface area (Å²) in [5.74, 6) is -1.42. The van der Waals surface area contributed by atoms with Gasteiger partial charge in [-0.1, -0.05) is 6.07 Å². The van der Waals surface area contributed by atoms with E-state index in [-0.39, 0.29) is 17.5 Å². The van der Waals surface area contributed by atoms with Crippen molar-refractivity contribution < 1.29 is 18.3 Å². The van der Waals surface area contributed by atoms with Crippen LogP contribution in [0.3, 0.4) is 0 Å². The topological polar surface area (TPSA) is 67.5 Å². The average Bonchev–Trinajstić information content (AvgIpc) is 3.06. The fraction of sp³-hybridized carbons (Fsp3) is 0.444. The highest BCUT2D eigenvalue weighted by molar-refractivity contribution is 5.33. The third kappa shape index (κ3) is 3.34. The molecule has 2 saturated heterocycles. The molecule has 1 spiro atoms. The molecule has 0 radical (unpaired) electrons. The van der Waals surface area contributed by atoms with Crippen LogP contribution in [0.1, 0.15) is 24.1 Å². The predicted octanol–water partition coefficient (Wildman–Crippen LogP) is 1.98. The Morgan fingerprint density at radius 2 is 1.81 bits per heavy atom. The van der Waals surface area contributed by atoms with Crippen LogP contribution in [0, 0.1) is 11.6 Å². The molecule has 1 aromatic carbocycles. The molecule has 2 fully saturated rings. The van der Waals surface area contributed by atoms with Crippen molar-refractivity contribution in [3.8, 4) is 0 Å². The minimum atomic E-state index is -0.649. The van der Waals surface area contributed by atoms with Crippen LogP contribution in [0.25, 0.3) is 0 Å². The van der Waals surface area contributed by atoms with Gasteiger partial charge in [-0.15, -0.1) is 0 Å². The van der Waals surface area contributed by atoms with E-state index in [2.05, 4.69) is 9.97 Å². The molecule has 2 aromatic rings. The quantitative estimate of drug-likeness (QED) is 0.903. The molecular formula is C18H19F2N3O3. The lowest BCUT2D eigenvalue weighted by Gasteiger charge is -2.37. The van der Waals surface area contributed by atoms with Gasteiger partial charge in [0.1, 0.15) is 11.6 Å². The molecule has 4 rings (SSSR count). The highest BCUT2D eigenvalue weighted by Crippen LogP contribution is 2.32. The van der Waals surface area contributed by atoms with Gasteiger partial charge in [0.15, 0.2) is 5.79 Å². The molecule has 0 saturated carbocycles. The Balaban J connectivity index is 1.54. The van der Waals surface area contributed by atoms with Gasteiger partial charge in [-0.05, 0) is 12.1 Å². The molecule has 26 heavy (non-hydrogen) atoms. The van der Waals surface area contributed by atoms with Gasteiger partial charge >= 0.3 is 0 Å². The van der Waals surface area contributed by atoms with Crippen molar-refractivity contribution >= 4 is 5.95 Å². The van der Waals surface area contributed by atoms with E-state index in [1.807, 2.05) is 4.90 Å². The number of anilines is 1. The second-order valence-electron chi connectivity index (χ2n) is 6.53. The zero-order valence-electron chi connectivity index (χ0n) is 14.1. The Morgan fingerprint density at radius 1 is 1.15 bits per heavy atom. The van der Waals surface area contributed by atoms with Crippen LogP contribution in [0.4, 0.5) is 14.7 Å². The van der Waals surface area contributed by atoms with Crippen LogP contribution in [-0.2, 0) is 15.9 Å².